The summed E-state index contributed by atoms with van der Waals surface area (Å²) >= 11 is 0. The minimum Gasteiger partial charge on any atom is -0.454 e. The summed E-state index contributed by atoms with van der Waals surface area (Å²) in [5, 5.41) is 6.71. The Labute approximate surface area is 172 Å². The topological polar surface area (TPSA) is 99.0 Å². The molecule has 154 valence electrons. The number of aromatic nitrogens is 2. The van der Waals surface area contributed by atoms with E-state index in [1.165, 1.54) is 0 Å². The normalized spacial score (nSPS) is 15.3. The monoisotopic (exact) mass is 408 g/mol. The van der Waals surface area contributed by atoms with E-state index in [1.807, 2.05) is 42.5 Å². The zero-order valence-corrected chi connectivity index (χ0v) is 16.2. The third-order valence-corrected chi connectivity index (χ3v) is 5.01. The summed E-state index contributed by atoms with van der Waals surface area (Å²) in [4.78, 5) is 18.9. The quantitative estimate of drug-likeness (QED) is 0.686. The first-order chi connectivity index (χ1) is 14.8. The number of morpholine rings is 1. The van der Waals surface area contributed by atoms with Gasteiger partial charge in [-0.1, -0.05) is 11.2 Å². The van der Waals surface area contributed by atoms with Gasteiger partial charge in [-0.15, -0.1) is 0 Å². The van der Waals surface area contributed by atoms with Crippen LogP contribution in [0.25, 0.3) is 11.4 Å². The maximum atomic E-state index is 12.4. The highest BCUT2D eigenvalue weighted by atomic mass is 16.7. The number of ether oxygens (including phenoxy) is 3. The molecule has 3 heterocycles. The molecule has 0 saturated carbocycles. The second kappa shape index (κ2) is 8.03. The number of hydrogen-bond donors (Lipinski definition) is 1. The summed E-state index contributed by atoms with van der Waals surface area (Å²) in [5.74, 6) is 1.23. The third-order valence-electron chi connectivity index (χ3n) is 5.01. The number of nitrogens with zero attached hydrogens (tertiary/aromatic N) is 3. The van der Waals surface area contributed by atoms with Crippen LogP contribution in [-0.2, 0) is 11.3 Å². The van der Waals surface area contributed by atoms with E-state index >= 15 is 0 Å². The van der Waals surface area contributed by atoms with Crippen LogP contribution in [0.3, 0.4) is 0 Å². The molecule has 0 aliphatic carbocycles. The molecule has 1 saturated heterocycles. The van der Waals surface area contributed by atoms with Gasteiger partial charge in [0, 0.05) is 30.9 Å². The van der Waals surface area contributed by atoms with Crippen LogP contribution < -0.4 is 19.7 Å². The fourth-order valence-corrected chi connectivity index (χ4v) is 3.38. The predicted octanol–water partition coefficient (Wildman–Crippen LogP) is 2.23. The molecule has 1 amide bonds. The molecule has 0 unspecified atom stereocenters. The second-order valence-electron chi connectivity index (χ2n) is 6.94. The van der Waals surface area contributed by atoms with Crippen molar-refractivity contribution in [2.45, 2.75) is 6.54 Å². The largest absolute Gasteiger partial charge is 0.454 e. The first-order valence-electron chi connectivity index (χ1n) is 9.70. The maximum Gasteiger partial charge on any atom is 0.316 e. The summed E-state index contributed by atoms with van der Waals surface area (Å²) < 4.78 is 21.2. The lowest BCUT2D eigenvalue weighted by Crippen LogP contribution is -2.36. The van der Waals surface area contributed by atoms with E-state index in [0.717, 1.165) is 43.1 Å². The first kappa shape index (κ1) is 18.4. The van der Waals surface area contributed by atoms with Crippen molar-refractivity contribution < 1.29 is 23.5 Å². The molecule has 0 radical (unpaired) electrons. The molecule has 9 heteroatoms. The number of carbonyl (C=O) groups is 1. The smallest absolute Gasteiger partial charge is 0.316 e. The number of fused-ring (bicyclic) bond motifs is 1. The van der Waals surface area contributed by atoms with Gasteiger partial charge in [-0.2, -0.15) is 4.98 Å². The highest BCUT2D eigenvalue weighted by molar-refractivity contribution is 5.89. The number of benzene rings is 2. The SMILES string of the molecule is O=C(NCc1ccc2c(c1)OCO2)c1nc(-c2ccc(N3CCOCC3)cc2)no1. The molecule has 30 heavy (non-hydrogen) atoms. The van der Waals surface area contributed by atoms with Gasteiger partial charge in [-0.3, -0.25) is 4.79 Å². The Morgan fingerprint density at radius 3 is 2.67 bits per heavy atom. The van der Waals surface area contributed by atoms with Gasteiger partial charge in [0.15, 0.2) is 11.5 Å². The minimum atomic E-state index is -0.434. The molecular weight excluding hydrogens is 388 g/mol. The molecule has 1 fully saturated rings. The van der Waals surface area contributed by atoms with Crippen molar-refractivity contribution in [1.29, 1.82) is 0 Å². The zero-order chi connectivity index (χ0) is 20.3. The molecule has 3 aromatic rings. The average Bonchev–Trinajstić information content (AvgIpc) is 3.48. The van der Waals surface area contributed by atoms with Crippen molar-refractivity contribution in [3.8, 4) is 22.9 Å². The summed E-state index contributed by atoms with van der Waals surface area (Å²) in [6, 6.07) is 13.4. The zero-order valence-electron chi connectivity index (χ0n) is 16.2. The van der Waals surface area contributed by atoms with Crippen LogP contribution in [0.15, 0.2) is 47.0 Å². The summed E-state index contributed by atoms with van der Waals surface area (Å²) in [6.07, 6.45) is 0. The average molecular weight is 408 g/mol. The van der Waals surface area contributed by atoms with Crippen LogP contribution in [0.5, 0.6) is 11.5 Å². The molecule has 0 spiro atoms. The first-order valence-corrected chi connectivity index (χ1v) is 9.70. The number of carbonyl (C=O) groups excluding carboxylic acids is 1. The number of anilines is 1. The van der Waals surface area contributed by atoms with Gasteiger partial charge in [-0.05, 0) is 42.0 Å². The Kier molecular flexibility index (Phi) is 4.94. The lowest BCUT2D eigenvalue weighted by Gasteiger charge is -2.28. The van der Waals surface area contributed by atoms with Crippen LogP contribution in [0.4, 0.5) is 5.69 Å². The Bertz CT molecular complexity index is 1040. The number of nitrogens with one attached hydrogen (secondary N) is 1. The Morgan fingerprint density at radius 2 is 1.83 bits per heavy atom. The molecule has 2 aromatic carbocycles. The van der Waals surface area contributed by atoms with Crippen molar-refractivity contribution >= 4 is 11.6 Å². The maximum absolute atomic E-state index is 12.4. The summed E-state index contributed by atoms with van der Waals surface area (Å²) in [5.41, 5.74) is 2.78. The molecule has 5 rings (SSSR count). The molecule has 0 bridgehead atoms. The number of rotatable bonds is 5. The fourth-order valence-electron chi connectivity index (χ4n) is 3.38. The van der Waals surface area contributed by atoms with Crippen LogP contribution in [0, 0.1) is 0 Å². The molecule has 1 N–H and O–H groups in total. The van der Waals surface area contributed by atoms with Crippen molar-refractivity contribution in [1.82, 2.24) is 15.5 Å². The van der Waals surface area contributed by atoms with E-state index in [2.05, 4.69) is 20.4 Å². The van der Waals surface area contributed by atoms with E-state index in [9.17, 15) is 4.79 Å². The van der Waals surface area contributed by atoms with Gasteiger partial charge in [0.25, 0.3) is 0 Å². The molecule has 2 aliphatic heterocycles. The molecule has 2 aliphatic rings. The summed E-state index contributed by atoms with van der Waals surface area (Å²) in [7, 11) is 0. The van der Waals surface area contributed by atoms with E-state index in [1.54, 1.807) is 0 Å². The van der Waals surface area contributed by atoms with Crippen LogP contribution in [0.1, 0.15) is 16.2 Å². The van der Waals surface area contributed by atoms with Crippen LogP contribution in [0.2, 0.25) is 0 Å². The van der Waals surface area contributed by atoms with Gasteiger partial charge in [-0.25, -0.2) is 0 Å². The van der Waals surface area contributed by atoms with Gasteiger partial charge >= 0.3 is 11.8 Å². The van der Waals surface area contributed by atoms with Crippen molar-refractivity contribution in [2.75, 3.05) is 38.0 Å². The molecule has 0 atom stereocenters. The predicted molar refractivity (Wildman–Crippen MR) is 107 cm³/mol. The van der Waals surface area contributed by atoms with Crippen molar-refractivity contribution in [3.05, 3.63) is 53.9 Å². The standard InChI is InChI=1S/C21H20N4O5/c26-20(22-12-14-1-6-17-18(11-14)29-13-28-17)21-23-19(24-30-21)15-2-4-16(5-3-15)25-7-9-27-10-8-25/h1-6,11H,7-10,12-13H2,(H,22,26). The van der Waals surface area contributed by atoms with Gasteiger partial charge < -0.3 is 29.0 Å². The van der Waals surface area contributed by atoms with Crippen molar-refractivity contribution in [3.63, 3.8) is 0 Å². The number of amides is 1. The Balaban J connectivity index is 1.22. The van der Waals surface area contributed by atoms with Gasteiger partial charge in [0.05, 0.1) is 13.2 Å². The van der Waals surface area contributed by atoms with Gasteiger partial charge in [0.1, 0.15) is 0 Å². The molecular formula is C21H20N4O5. The van der Waals surface area contributed by atoms with Gasteiger partial charge in [0.2, 0.25) is 12.6 Å². The van der Waals surface area contributed by atoms with E-state index in [-0.39, 0.29) is 12.7 Å². The highest BCUT2D eigenvalue weighted by Crippen LogP contribution is 2.32. The van der Waals surface area contributed by atoms with E-state index < -0.39 is 5.91 Å². The summed E-state index contributed by atoms with van der Waals surface area (Å²) in [6.45, 7) is 3.73. The lowest BCUT2D eigenvalue weighted by molar-refractivity contribution is 0.0907. The van der Waals surface area contributed by atoms with Crippen molar-refractivity contribution in [2.24, 2.45) is 0 Å². The van der Waals surface area contributed by atoms with E-state index in [4.69, 9.17) is 18.7 Å². The highest BCUT2D eigenvalue weighted by Gasteiger charge is 2.18. The molecule has 1 aromatic heterocycles. The Morgan fingerprint density at radius 1 is 1.03 bits per heavy atom. The number of hydrogen-bond acceptors (Lipinski definition) is 8. The third kappa shape index (κ3) is 3.79. The van der Waals surface area contributed by atoms with Crippen LogP contribution >= 0.6 is 0 Å². The Hall–Kier alpha value is -3.59. The lowest BCUT2D eigenvalue weighted by atomic mass is 10.2. The van der Waals surface area contributed by atoms with E-state index in [0.29, 0.717) is 23.9 Å². The second-order valence-corrected chi connectivity index (χ2v) is 6.94. The fraction of sp³-hybridized carbons (Fsp3) is 0.286. The van der Waals surface area contributed by atoms with Crippen LogP contribution in [-0.4, -0.2) is 49.1 Å². The molecule has 9 nitrogen and oxygen atoms in total. The minimum absolute atomic E-state index is 0.0806.